The molecule has 236 valence electrons. The molecule has 8 heteroatoms. The monoisotopic (exact) mass is 595 g/mol. The molecule has 5 rings (SSSR count). The third-order valence-corrected chi connectivity index (χ3v) is 12.9. The van der Waals surface area contributed by atoms with Crippen molar-refractivity contribution in [3.8, 4) is 0 Å². The molecule has 0 aromatic heterocycles. The predicted octanol–water partition coefficient (Wildman–Crippen LogP) is 4.61. The lowest BCUT2D eigenvalue weighted by molar-refractivity contribution is -0.218. The Morgan fingerprint density at radius 1 is 1.02 bits per heavy atom. The highest BCUT2D eigenvalue weighted by Crippen LogP contribution is 2.66. The average molecular weight is 596 g/mol. The molecule has 5 aliphatic rings. The van der Waals surface area contributed by atoms with Gasteiger partial charge in [0.2, 0.25) is 0 Å². The second kappa shape index (κ2) is 13.4. The number of fused-ring (bicyclic) bond motifs is 5. The lowest BCUT2D eigenvalue weighted by atomic mass is 9.46. The quantitative estimate of drug-likeness (QED) is 0.135. The summed E-state index contributed by atoms with van der Waals surface area (Å²) >= 11 is 4.32. The van der Waals surface area contributed by atoms with Gasteiger partial charge >= 0.3 is 0 Å². The Balaban J connectivity index is 1.03. The maximum absolute atomic E-state index is 10.3. The maximum Gasteiger partial charge on any atom is 0.129 e. The van der Waals surface area contributed by atoms with Crippen LogP contribution in [0.3, 0.4) is 0 Å². The van der Waals surface area contributed by atoms with E-state index in [0.717, 1.165) is 68.8 Å². The first-order valence-electron chi connectivity index (χ1n) is 16.6. The summed E-state index contributed by atoms with van der Waals surface area (Å²) in [5.74, 6) is 3.32. The molecule has 0 amide bonds. The molecule has 4 fully saturated rings. The van der Waals surface area contributed by atoms with Crippen molar-refractivity contribution < 1.29 is 29.5 Å². The molecule has 1 saturated heterocycles. The van der Waals surface area contributed by atoms with Crippen LogP contribution in [0.4, 0.5) is 0 Å². The summed E-state index contributed by atoms with van der Waals surface area (Å²) in [5.41, 5.74) is 8.62. The van der Waals surface area contributed by atoms with Crippen LogP contribution in [0.1, 0.15) is 97.8 Å². The first-order valence-corrected chi connectivity index (χ1v) is 17.2. The molecule has 13 atom stereocenters. The van der Waals surface area contributed by atoms with Crippen LogP contribution in [0.25, 0.3) is 0 Å². The standard InChI is InChI=1S/C33H57NO6S/c1-4-20-10-12-24-23-11-9-21-17-22(18-27(34)33(21,3)25(23)13-14-32(20,24)2)38-15-7-5-6-8-16-39-30-29(37)28(36)26(19-35)40-31(30)41/h9,20,22-31,35-37,41H,4-8,10-19,34H2,1-3H3/t20-,22?,23-,24-,25-,26+,27?,28+,29-,30-,31-,32+,33-/m0/s1. The van der Waals surface area contributed by atoms with Gasteiger partial charge in [0, 0.05) is 24.7 Å². The third kappa shape index (κ3) is 6.07. The first kappa shape index (κ1) is 32.2. The normalized spacial score (nSPS) is 47.8. The third-order valence-electron chi connectivity index (χ3n) is 12.5. The van der Waals surface area contributed by atoms with Crippen molar-refractivity contribution in [3.63, 3.8) is 0 Å². The lowest BCUT2D eigenvalue weighted by Crippen LogP contribution is -2.58. The zero-order chi connectivity index (χ0) is 29.4. The summed E-state index contributed by atoms with van der Waals surface area (Å²) in [6.07, 6.45) is 13.0. The SMILES string of the molecule is CC[C@H]1CC[C@H]2[C@@H]3CC=C4CC(OCCCCCCO[C@H]5[C@@H](O)[C@H](O)[C@@H](CO)O[C@H]5S)CC(N)[C@]4(C)[C@H]3CC[C@]12C. The first-order chi connectivity index (χ1) is 19.6. The van der Waals surface area contributed by atoms with Gasteiger partial charge in [-0.15, -0.1) is 12.6 Å². The molecule has 0 aromatic rings. The fourth-order valence-electron chi connectivity index (χ4n) is 9.96. The van der Waals surface area contributed by atoms with E-state index < -0.39 is 29.9 Å². The molecule has 1 heterocycles. The van der Waals surface area contributed by atoms with Gasteiger partial charge in [-0.2, -0.15) is 0 Å². The van der Waals surface area contributed by atoms with Crippen LogP contribution >= 0.6 is 12.6 Å². The minimum atomic E-state index is -1.18. The summed E-state index contributed by atoms with van der Waals surface area (Å²) in [6.45, 7) is 8.36. The summed E-state index contributed by atoms with van der Waals surface area (Å²) in [4.78, 5) is 0. The zero-order valence-corrected chi connectivity index (χ0v) is 26.5. The van der Waals surface area contributed by atoms with Gasteiger partial charge in [-0.05, 0) is 86.9 Å². The molecule has 3 saturated carbocycles. The van der Waals surface area contributed by atoms with Crippen LogP contribution < -0.4 is 5.73 Å². The number of nitrogens with two attached hydrogens (primary N) is 1. The van der Waals surface area contributed by atoms with Gasteiger partial charge in [-0.3, -0.25) is 0 Å². The van der Waals surface area contributed by atoms with E-state index in [2.05, 4.69) is 39.5 Å². The molecule has 5 N–H and O–H groups in total. The molecule has 41 heavy (non-hydrogen) atoms. The van der Waals surface area contributed by atoms with Crippen molar-refractivity contribution in [2.45, 2.75) is 140 Å². The Labute approximate surface area is 253 Å². The summed E-state index contributed by atoms with van der Waals surface area (Å²) in [6, 6.07) is 0.172. The maximum atomic E-state index is 10.3. The minimum Gasteiger partial charge on any atom is -0.394 e. The molecular weight excluding hydrogens is 538 g/mol. The van der Waals surface area contributed by atoms with Crippen molar-refractivity contribution in [2.24, 2.45) is 40.2 Å². The second-order valence-electron chi connectivity index (χ2n) is 14.4. The van der Waals surface area contributed by atoms with E-state index in [-0.39, 0.29) is 24.2 Å². The number of allylic oxidation sites excluding steroid dienone is 1. The smallest absolute Gasteiger partial charge is 0.129 e. The number of thiol groups is 1. The highest BCUT2D eigenvalue weighted by Gasteiger charge is 2.59. The molecule has 0 spiro atoms. The molecule has 4 aliphatic carbocycles. The molecule has 2 unspecified atom stereocenters. The topological polar surface area (TPSA) is 114 Å². The van der Waals surface area contributed by atoms with Gasteiger partial charge in [-0.1, -0.05) is 51.7 Å². The Bertz CT molecular complexity index is 905. The highest BCUT2D eigenvalue weighted by atomic mass is 32.1. The molecule has 1 aliphatic heterocycles. The van der Waals surface area contributed by atoms with E-state index in [1.165, 1.54) is 38.5 Å². The van der Waals surface area contributed by atoms with Crippen LogP contribution in [0, 0.1) is 34.5 Å². The van der Waals surface area contributed by atoms with E-state index in [1.807, 2.05) is 0 Å². The van der Waals surface area contributed by atoms with Gasteiger partial charge in [-0.25, -0.2) is 0 Å². The lowest BCUT2D eigenvalue weighted by Gasteiger charge is -2.60. The number of hydrogen-bond acceptors (Lipinski definition) is 8. The fraction of sp³-hybridized carbons (Fsp3) is 0.939. The van der Waals surface area contributed by atoms with E-state index in [1.54, 1.807) is 5.57 Å². The van der Waals surface area contributed by atoms with Crippen molar-refractivity contribution in [2.75, 3.05) is 19.8 Å². The largest absolute Gasteiger partial charge is 0.394 e. The van der Waals surface area contributed by atoms with E-state index in [0.29, 0.717) is 12.0 Å². The Morgan fingerprint density at radius 2 is 1.76 bits per heavy atom. The van der Waals surface area contributed by atoms with Gasteiger partial charge in [0.25, 0.3) is 0 Å². The van der Waals surface area contributed by atoms with Crippen LogP contribution in [-0.4, -0.2) is 77.1 Å². The van der Waals surface area contributed by atoms with Crippen LogP contribution in [0.2, 0.25) is 0 Å². The van der Waals surface area contributed by atoms with Crippen LogP contribution in [-0.2, 0) is 14.2 Å². The second-order valence-corrected chi connectivity index (χ2v) is 14.9. The molecule has 0 bridgehead atoms. The predicted molar refractivity (Wildman–Crippen MR) is 164 cm³/mol. The van der Waals surface area contributed by atoms with Gasteiger partial charge < -0.3 is 35.3 Å². The number of ether oxygens (including phenoxy) is 3. The Hall–Kier alpha value is -0.190. The summed E-state index contributed by atoms with van der Waals surface area (Å²) < 4.78 is 17.6. The number of aliphatic hydroxyl groups excluding tert-OH is 3. The summed E-state index contributed by atoms with van der Waals surface area (Å²) in [7, 11) is 0. The van der Waals surface area contributed by atoms with E-state index >= 15 is 0 Å². The minimum absolute atomic E-state index is 0.131. The van der Waals surface area contributed by atoms with Crippen molar-refractivity contribution in [1.82, 2.24) is 0 Å². The molecule has 0 radical (unpaired) electrons. The zero-order valence-electron chi connectivity index (χ0n) is 25.6. The molecular formula is C33H57NO6S. The van der Waals surface area contributed by atoms with E-state index in [9.17, 15) is 15.3 Å². The summed E-state index contributed by atoms with van der Waals surface area (Å²) in [5, 5.41) is 29.6. The number of hydrogen-bond donors (Lipinski definition) is 5. The van der Waals surface area contributed by atoms with Crippen molar-refractivity contribution in [3.05, 3.63) is 11.6 Å². The highest BCUT2D eigenvalue weighted by molar-refractivity contribution is 7.80. The van der Waals surface area contributed by atoms with Crippen LogP contribution in [0.5, 0.6) is 0 Å². The Morgan fingerprint density at radius 3 is 2.46 bits per heavy atom. The Kier molecular flexibility index (Phi) is 10.6. The van der Waals surface area contributed by atoms with Crippen LogP contribution in [0.15, 0.2) is 11.6 Å². The van der Waals surface area contributed by atoms with Crippen molar-refractivity contribution in [1.29, 1.82) is 0 Å². The van der Waals surface area contributed by atoms with Gasteiger partial charge in [0.05, 0.1) is 12.7 Å². The molecule has 0 aromatic carbocycles. The van der Waals surface area contributed by atoms with Gasteiger partial charge in [0.1, 0.15) is 29.9 Å². The van der Waals surface area contributed by atoms with Gasteiger partial charge in [0.15, 0.2) is 0 Å². The number of aliphatic hydroxyl groups is 3. The number of rotatable bonds is 11. The number of unbranched alkanes of at least 4 members (excludes halogenated alkanes) is 3. The van der Waals surface area contributed by atoms with Crippen molar-refractivity contribution >= 4 is 12.6 Å². The van der Waals surface area contributed by atoms with E-state index in [4.69, 9.17) is 19.9 Å². The average Bonchev–Trinajstić information content (AvgIpc) is 3.30. The molecule has 7 nitrogen and oxygen atoms in total. The fourth-order valence-corrected chi connectivity index (χ4v) is 10.4.